The van der Waals surface area contributed by atoms with Crippen molar-refractivity contribution < 1.29 is 14.7 Å². The number of carboxylic acid groups (broad SMARTS) is 1. The lowest BCUT2D eigenvalue weighted by Crippen LogP contribution is -2.27. The fourth-order valence-corrected chi connectivity index (χ4v) is 3.47. The third-order valence-electron chi connectivity index (χ3n) is 2.87. The Morgan fingerprint density at radius 2 is 1.84 bits per heavy atom. The van der Waals surface area contributed by atoms with E-state index in [1.807, 2.05) is 0 Å². The molecule has 2 N–H and O–H groups in total. The molecule has 104 valence electrons. The highest BCUT2D eigenvalue weighted by Gasteiger charge is 2.33. The number of rotatable bonds is 2. The molecule has 0 atom stereocenters. The number of nitrogens with one attached hydrogen (secondary N) is 1. The van der Waals surface area contributed by atoms with E-state index in [2.05, 4.69) is 5.32 Å². The Labute approximate surface area is 128 Å². The number of amides is 1. The van der Waals surface area contributed by atoms with E-state index in [9.17, 15) is 14.7 Å². The fraction of sp³-hybridized carbons (Fsp3) is 0.455. The van der Waals surface area contributed by atoms with Gasteiger partial charge in [-0.15, -0.1) is 11.3 Å². The summed E-state index contributed by atoms with van der Waals surface area (Å²) in [4.78, 5) is 24.0. The van der Waals surface area contributed by atoms with Crippen LogP contribution in [-0.4, -0.2) is 20.8 Å². The molecule has 2 rings (SSSR count). The maximum absolute atomic E-state index is 11.6. The number of halogens is 3. The van der Waals surface area contributed by atoms with Gasteiger partial charge in [-0.1, -0.05) is 34.8 Å². The molecule has 19 heavy (non-hydrogen) atoms. The predicted octanol–water partition coefficient (Wildman–Crippen LogP) is 3.63. The Kier molecular flexibility index (Phi) is 4.30. The minimum Gasteiger partial charge on any atom is -0.478 e. The van der Waals surface area contributed by atoms with Crippen molar-refractivity contribution in [1.29, 1.82) is 0 Å². The van der Waals surface area contributed by atoms with E-state index >= 15 is 0 Å². The molecule has 1 heterocycles. The molecule has 1 aromatic heterocycles. The number of hydrogen-bond donors (Lipinski definition) is 2. The maximum Gasteiger partial charge on any atom is 0.339 e. The number of alkyl halides is 3. The summed E-state index contributed by atoms with van der Waals surface area (Å²) in [5, 5.41) is 11.9. The van der Waals surface area contributed by atoms with Crippen molar-refractivity contribution in [2.45, 2.75) is 29.5 Å². The largest absolute Gasteiger partial charge is 0.478 e. The van der Waals surface area contributed by atoms with Crippen LogP contribution in [0.1, 0.15) is 33.6 Å². The van der Waals surface area contributed by atoms with E-state index in [-0.39, 0.29) is 10.6 Å². The summed E-state index contributed by atoms with van der Waals surface area (Å²) in [7, 11) is 0. The quantitative estimate of drug-likeness (QED) is 0.806. The topological polar surface area (TPSA) is 66.4 Å². The number of fused-ring (bicyclic) bond motifs is 1. The highest BCUT2D eigenvalue weighted by Crippen LogP contribution is 2.39. The van der Waals surface area contributed by atoms with Gasteiger partial charge in [0, 0.05) is 4.88 Å². The van der Waals surface area contributed by atoms with Crippen LogP contribution < -0.4 is 5.32 Å². The summed E-state index contributed by atoms with van der Waals surface area (Å²) in [6.07, 6.45) is 3.49. The SMILES string of the molecule is O=C(O)c1c(NC(=O)C(Cl)(Cl)Cl)sc2c1CCCC2. The Bertz CT molecular complexity index is 536. The molecule has 8 heteroatoms. The van der Waals surface area contributed by atoms with E-state index in [0.717, 1.165) is 29.7 Å². The van der Waals surface area contributed by atoms with Crippen molar-refractivity contribution in [3.8, 4) is 0 Å². The van der Waals surface area contributed by atoms with Gasteiger partial charge in [-0.05, 0) is 31.2 Å². The predicted molar refractivity (Wildman–Crippen MR) is 76.8 cm³/mol. The van der Waals surface area contributed by atoms with Crippen molar-refractivity contribution in [2.75, 3.05) is 5.32 Å². The summed E-state index contributed by atoms with van der Waals surface area (Å²) in [5.74, 6) is -1.92. The number of carbonyl (C=O) groups excluding carboxylic acids is 1. The molecule has 0 fully saturated rings. The Morgan fingerprint density at radius 3 is 2.42 bits per heavy atom. The van der Waals surface area contributed by atoms with Crippen molar-refractivity contribution in [2.24, 2.45) is 0 Å². The standard InChI is InChI=1S/C11H10Cl3NO3S/c12-11(13,14)10(18)15-8-7(9(16)17)5-3-1-2-4-6(5)19-8/h1-4H2,(H,15,18)(H,16,17). The zero-order valence-corrected chi connectivity index (χ0v) is 12.7. The second kappa shape index (κ2) is 5.48. The van der Waals surface area contributed by atoms with E-state index in [1.165, 1.54) is 11.3 Å². The zero-order valence-electron chi connectivity index (χ0n) is 9.63. The van der Waals surface area contributed by atoms with Gasteiger partial charge < -0.3 is 10.4 Å². The van der Waals surface area contributed by atoms with Crippen LogP contribution in [0.4, 0.5) is 5.00 Å². The Hall–Kier alpha value is -0.490. The van der Waals surface area contributed by atoms with Crippen molar-refractivity contribution in [3.05, 3.63) is 16.0 Å². The first kappa shape index (κ1) is 14.9. The van der Waals surface area contributed by atoms with Gasteiger partial charge in [0.15, 0.2) is 0 Å². The number of aryl methyl sites for hydroxylation is 1. The van der Waals surface area contributed by atoms with E-state index in [0.29, 0.717) is 6.42 Å². The summed E-state index contributed by atoms with van der Waals surface area (Å²) < 4.78 is -2.11. The van der Waals surface area contributed by atoms with Crippen molar-refractivity contribution in [3.63, 3.8) is 0 Å². The molecule has 1 aliphatic rings. The molecule has 1 aromatic rings. The van der Waals surface area contributed by atoms with E-state index < -0.39 is 15.7 Å². The van der Waals surface area contributed by atoms with Gasteiger partial charge in [-0.25, -0.2) is 4.79 Å². The van der Waals surface area contributed by atoms with Crippen LogP contribution in [0, 0.1) is 0 Å². The summed E-state index contributed by atoms with van der Waals surface area (Å²) in [6.45, 7) is 0. The third-order valence-corrected chi connectivity index (χ3v) is 4.59. The summed E-state index contributed by atoms with van der Waals surface area (Å²) in [6, 6.07) is 0. The molecule has 0 aromatic carbocycles. The first-order chi connectivity index (χ1) is 8.80. The second-order valence-electron chi connectivity index (χ2n) is 4.17. The van der Waals surface area contributed by atoms with Crippen molar-refractivity contribution in [1.82, 2.24) is 0 Å². The fourth-order valence-electron chi connectivity index (χ4n) is 2.05. The van der Waals surface area contributed by atoms with Crippen LogP contribution in [0.2, 0.25) is 0 Å². The molecule has 0 radical (unpaired) electrons. The van der Waals surface area contributed by atoms with Gasteiger partial charge in [0.25, 0.3) is 9.70 Å². The number of aromatic carboxylic acids is 1. The number of carboxylic acids is 1. The minimum absolute atomic E-state index is 0.127. The highest BCUT2D eigenvalue weighted by atomic mass is 35.6. The van der Waals surface area contributed by atoms with E-state index in [1.54, 1.807) is 0 Å². The molecule has 4 nitrogen and oxygen atoms in total. The highest BCUT2D eigenvalue weighted by molar-refractivity contribution is 7.17. The van der Waals surface area contributed by atoms with Gasteiger partial charge in [0.05, 0.1) is 5.56 Å². The smallest absolute Gasteiger partial charge is 0.339 e. The minimum atomic E-state index is -2.11. The Morgan fingerprint density at radius 1 is 1.21 bits per heavy atom. The summed E-state index contributed by atoms with van der Waals surface area (Å²) in [5.41, 5.74) is 0.922. The lowest BCUT2D eigenvalue weighted by Gasteiger charge is -2.11. The number of anilines is 1. The monoisotopic (exact) mass is 341 g/mol. The van der Waals surface area contributed by atoms with Gasteiger partial charge in [0.1, 0.15) is 5.00 Å². The maximum atomic E-state index is 11.6. The molecular weight excluding hydrogens is 333 g/mol. The van der Waals surface area contributed by atoms with E-state index in [4.69, 9.17) is 34.8 Å². The second-order valence-corrected chi connectivity index (χ2v) is 7.56. The lowest BCUT2D eigenvalue weighted by molar-refractivity contribution is -0.115. The first-order valence-corrected chi connectivity index (χ1v) is 7.51. The van der Waals surface area contributed by atoms with Gasteiger partial charge in [-0.2, -0.15) is 0 Å². The van der Waals surface area contributed by atoms with Crippen LogP contribution in [0.3, 0.4) is 0 Å². The Balaban J connectivity index is 2.38. The molecule has 0 saturated heterocycles. The lowest BCUT2D eigenvalue weighted by atomic mass is 9.95. The molecule has 0 saturated carbocycles. The van der Waals surface area contributed by atoms with Crippen LogP contribution in [0.25, 0.3) is 0 Å². The number of thiophene rings is 1. The molecule has 1 aliphatic carbocycles. The van der Waals surface area contributed by atoms with Gasteiger partial charge >= 0.3 is 5.97 Å². The molecule has 0 spiro atoms. The van der Waals surface area contributed by atoms with Gasteiger partial charge in [-0.3, -0.25) is 4.79 Å². The molecule has 1 amide bonds. The van der Waals surface area contributed by atoms with Crippen LogP contribution in [-0.2, 0) is 17.6 Å². The average Bonchev–Trinajstić information content (AvgIpc) is 2.65. The zero-order chi connectivity index (χ0) is 14.2. The van der Waals surface area contributed by atoms with Gasteiger partial charge in [0.2, 0.25) is 0 Å². The van der Waals surface area contributed by atoms with Crippen molar-refractivity contribution >= 4 is 63.0 Å². The molecule has 0 bridgehead atoms. The normalized spacial score (nSPS) is 14.9. The number of hydrogen-bond acceptors (Lipinski definition) is 3. The molecule has 0 unspecified atom stereocenters. The molecule has 0 aliphatic heterocycles. The molecular formula is C11H10Cl3NO3S. The third kappa shape index (κ3) is 3.16. The van der Waals surface area contributed by atoms with Crippen LogP contribution in [0.15, 0.2) is 0 Å². The average molecular weight is 343 g/mol. The first-order valence-electron chi connectivity index (χ1n) is 5.56. The number of carbonyl (C=O) groups is 2. The van der Waals surface area contributed by atoms with Crippen LogP contribution >= 0.6 is 46.1 Å². The summed E-state index contributed by atoms with van der Waals surface area (Å²) >= 11 is 17.7. The van der Waals surface area contributed by atoms with Crippen LogP contribution in [0.5, 0.6) is 0 Å².